The molecule has 16 heavy (non-hydrogen) atoms. The molecule has 1 heterocycles. The number of benzene rings is 1. The minimum Gasteiger partial charge on any atom is -0.357 e. The smallest absolute Gasteiger partial charge is 0.192 e. The van der Waals surface area contributed by atoms with Crippen molar-refractivity contribution in [3.05, 3.63) is 44.2 Å². The maximum Gasteiger partial charge on any atom is 0.192 e. The molecule has 3 heteroatoms. The van der Waals surface area contributed by atoms with E-state index < -0.39 is 0 Å². The predicted molar refractivity (Wildman–Crippen MR) is 68.4 cm³/mol. The quantitative estimate of drug-likeness (QED) is 0.808. The lowest BCUT2D eigenvalue weighted by molar-refractivity contribution is 1.05. The summed E-state index contributed by atoms with van der Waals surface area (Å²) in [5.74, 6) is 0. The van der Waals surface area contributed by atoms with Crippen molar-refractivity contribution >= 4 is 22.5 Å². The van der Waals surface area contributed by atoms with Gasteiger partial charge in [-0.15, -0.1) is 0 Å². The number of aryl methyl sites for hydroxylation is 2. The third kappa shape index (κ3) is 1.63. The monoisotopic (exact) mass is 235 g/mol. The molecule has 0 amide bonds. The highest BCUT2D eigenvalue weighted by molar-refractivity contribution is 6.35. The summed E-state index contributed by atoms with van der Waals surface area (Å²) in [6, 6.07) is 3.75. The van der Waals surface area contributed by atoms with Gasteiger partial charge in [0.1, 0.15) is 0 Å². The van der Waals surface area contributed by atoms with Gasteiger partial charge in [0.25, 0.3) is 0 Å². The third-order valence-corrected chi connectivity index (χ3v) is 3.17. The summed E-state index contributed by atoms with van der Waals surface area (Å²) in [6.45, 7) is 5.84. The maximum absolute atomic E-state index is 12.2. The first-order valence-corrected chi connectivity index (χ1v) is 5.74. The van der Waals surface area contributed by atoms with Crippen molar-refractivity contribution in [1.29, 1.82) is 0 Å². The lowest BCUT2D eigenvalue weighted by Gasteiger charge is -2.08. The van der Waals surface area contributed by atoms with Gasteiger partial charge in [0.2, 0.25) is 0 Å². The highest BCUT2D eigenvalue weighted by Crippen LogP contribution is 2.22. The second-order valence-corrected chi connectivity index (χ2v) is 4.49. The Labute approximate surface area is 99.3 Å². The molecule has 1 aromatic heterocycles. The minimum atomic E-state index is 0.0966. The van der Waals surface area contributed by atoms with Crippen LogP contribution in [0.25, 0.3) is 10.9 Å². The van der Waals surface area contributed by atoms with E-state index in [4.69, 9.17) is 11.6 Å². The highest BCUT2D eigenvalue weighted by Gasteiger charge is 2.10. The van der Waals surface area contributed by atoms with Crippen LogP contribution >= 0.6 is 11.6 Å². The number of hydrogen-bond acceptors (Lipinski definition) is 1. The topological polar surface area (TPSA) is 32.9 Å². The normalized spacial score (nSPS) is 11.0. The number of nitrogens with one attached hydrogen (secondary N) is 1. The van der Waals surface area contributed by atoms with Gasteiger partial charge in [-0.3, -0.25) is 4.79 Å². The van der Waals surface area contributed by atoms with Gasteiger partial charge in [-0.1, -0.05) is 18.5 Å². The number of hydrogen-bond donors (Lipinski definition) is 1. The fraction of sp³-hybridized carbons (Fsp3) is 0.308. The molecule has 0 saturated carbocycles. The molecule has 0 atom stereocenters. The Morgan fingerprint density at radius 1 is 1.31 bits per heavy atom. The molecule has 0 aliphatic heterocycles. The Morgan fingerprint density at radius 3 is 2.62 bits per heavy atom. The fourth-order valence-electron chi connectivity index (χ4n) is 2.07. The zero-order chi connectivity index (χ0) is 11.9. The molecule has 2 aromatic rings. The summed E-state index contributed by atoms with van der Waals surface area (Å²) in [4.78, 5) is 15.4. The lowest BCUT2D eigenvalue weighted by atomic mass is 10.1. The van der Waals surface area contributed by atoms with E-state index in [0.29, 0.717) is 10.4 Å². The standard InChI is InChI=1S/C13H14ClNO/c1-4-9-8(3)15-12-10(13(9)16)5-7(2)6-11(12)14/h5-6H,4H2,1-3H3,(H,15,16). The van der Waals surface area contributed by atoms with E-state index in [2.05, 4.69) is 4.98 Å². The van der Waals surface area contributed by atoms with Crippen molar-refractivity contribution in [3.8, 4) is 0 Å². The SMILES string of the molecule is CCc1c(C)[nH]c2c(Cl)cc(C)cc2c1=O. The molecule has 0 fully saturated rings. The summed E-state index contributed by atoms with van der Waals surface area (Å²) in [5.41, 5.74) is 3.60. The molecule has 0 aliphatic carbocycles. The first-order valence-electron chi connectivity index (χ1n) is 5.36. The number of H-pyrrole nitrogens is 1. The Balaban J connectivity index is 2.99. The average Bonchev–Trinajstić information content (AvgIpc) is 2.21. The third-order valence-electron chi connectivity index (χ3n) is 2.87. The van der Waals surface area contributed by atoms with Crippen molar-refractivity contribution in [2.45, 2.75) is 27.2 Å². The van der Waals surface area contributed by atoms with Gasteiger partial charge >= 0.3 is 0 Å². The second kappa shape index (κ2) is 3.95. The van der Waals surface area contributed by atoms with E-state index >= 15 is 0 Å². The molecule has 0 saturated heterocycles. The summed E-state index contributed by atoms with van der Waals surface area (Å²) >= 11 is 6.13. The van der Waals surface area contributed by atoms with Crippen molar-refractivity contribution < 1.29 is 0 Å². The fourth-order valence-corrected chi connectivity index (χ4v) is 2.39. The molecule has 1 aromatic carbocycles. The zero-order valence-corrected chi connectivity index (χ0v) is 10.4. The molecular formula is C13H14ClNO. The van der Waals surface area contributed by atoms with Crippen LogP contribution in [0.15, 0.2) is 16.9 Å². The Bertz CT molecular complexity index is 613. The van der Waals surface area contributed by atoms with E-state index in [9.17, 15) is 4.79 Å². The minimum absolute atomic E-state index is 0.0966. The summed E-state index contributed by atoms with van der Waals surface area (Å²) < 4.78 is 0. The Kier molecular flexibility index (Phi) is 2.76. The molecule has 0 radical (unpaired) electrons. The Morgan fingerprint density at radius 2 is 2.00 bits per heavy atom. The summed E-state index contributed by atoms with van der Waals surface area (Å²) in [7, 11) is 0. The van der Waals surface area contributed by atoms with Crippen molar-refractivity contribution in [2.75, 3.05) is 0 Å². The van der Waals surface area contributed by atoms with E-state index in [0.717, 1.165) is 28.8 Å². The van der Waals surface area contributed by atoms with Crippen molar-refractivity contribution in [2.24, 2.45) is 0 Å². The highest BCUT2D eigenvalue weighted by atomic mass is 35.5. The van der Waals surface area contributed by atoms with Crippen LogP contribution in [-0.4, -0.2) is 4.98 Å². The molecular weight excluding hydrogens is 222 g/mol. The van der Waals surface area contributed by atoms with Gasteiger partial charge < -0.3 is 4.98 Å². The first-order chi connectivity index (χ1) is 7.54. The average molecular weight is 236 g/mol. The maximum atomic E-state index is 12.2. The summed E-state index contributed by atoms with van der Waals surface area (Å²) in [5, 5.41) is 1.30. The van der Waals surface area contributed by atoms with Gasteiger partial charge in [-0.25, -0.2) is 0 Å². The largest absolute Gasteiger partial charge is 0.357 e. The van der Waals surface area contributed by atoms with Crippen LogP contribution in [0.1, 0.15) is 23.7 Å². The van der Waals surface area contributed by atoms with Crippen LogP contribution in [0.5, 0.6) is 0 Å². The molecule has 0 unspecified atom stereocenters. The van der Waals surface area contributed by atoms with Crippen LogP contribution in [0.3, 0.4) is 0 Å². The molecule has 0 bridgehead atoms. The van der Waals surface area contributed by atoms with Crippen LogP contribution in [0.4, 0.5) is 0 Å². The molecule has 84 valence electrons. The van der Waals surface area contributed by atoms with Gasteiger partial charge in [-0.2, -0.15) is 0 Å². The van der Waals surface area contributed by atoms with Crippen molar-refractivity contribution in [3.63, 3.8) is 0 Å². The Hall–Kier alpha value is -1.28. The zero-order valence-electron chi connectivity index (χ0n) is 9.65. The number of halogens is 1. The number of aromatic nitrogens is 1. The number of aromatic amines is 1. The molecule has 0 aliphatic rings. The van der Waals surface area contributed by atoms with Crippen LogP contribution in [-0.2, 0) is 6.42 Å². The molecule has 2 rings (SSSR count). The van der Waals surface area contributed by atoms with Gasteiger partial charge in [0.15, 0.2) is 5.43 Å². The number of pyridine rings is 1. The predicted octanol–water partition coefficient (Wildman–Crippen LogP) is 3.36. The molecule has 0 spiro atoms. The van der Waals surface area contributed by atoms with Gasteiger partial charge in [-0.05, 0) is 38.0 Å². The van der Waals surface area contributed by atoms with Crippen LogP contribution in [0, 0.1) is 13.8 Å². The number of fused-ring (bicyclic) bond motifs is 1. The van der Waals surface area contributed by atoms with E-state index in [1.807, 2.05) is 32.9 Å². The van der Waals surface area contributed by atoms with Crippen LogP contribution in [0.2, 0.25) is 5.02 Å². The summed E-state index contributed by atoms with van der Waals surface area (Å²) in [6.07, 6.45) is 0.739. The first kappa shape index (κ1) is 11.2. The van der Waals surface area contributed by atoms with Gasteiger partial charge in [0.05, 0.1) is 10.5 Å². The van der Waals surface area contributed by atoms with Crippen LogP contribution < -0.4 is 5.43 Å². The second-order valence-electron chi connectivity index (χ2n) is 4.08. The molecule has 1 N–H and O–H groups in total. The van der Waals surface area contributed by atoms with Gasteiger partial charge in [0, 0.05) is 16.6 Å². The van der Waals surface area contributed by atoms with E-state index in [1.165, 1.54) is 0 Å². The number of rotatable bonds is 1. The molecule has 2 nitrogen and oxygen atoms in total. The lowest BCUT2D eigenvalue weighted by Crippen LogP contribution is -2.12. The van der Waals surface area contributed by atoms with Crippen molar-refractivity contribution in [1.82, 2.24) is 4.98 Å². The van der Waals surface area contributed by atoms with E-state index in [-0.39, 0.29) is 5.43 Å². The van der Waals surface area contributed by atoms with E-state index in [1.54, 1.807) is 0 Å².